The number of carbonyl (C=O) groups excluding carboxylic acids is 1. The number of nitrogens with zero attached hydrogens (tertiary/aromatic N) is 1. The first-order valence-corrected chi connectivity index (χ1v) is 7.22. The molecule has 0 saturated heterocycles. The Morgan fingerprint density at radius 2 is 1.95 bits per heavy atom. The van der Waals surface area contributed by atoms with Crippen molar-refractivity contribution in [3.63, 3.8) is 0 Å². The number of aryl methyl sites for hydroxylation is 1. The molecule has 0 unspecified atom stereocenters. The van der Waals surface area contributed by atoms with E-state index in [0.717, 1.165) is 36.9 Å². The number of para-hydroxylation sites is 1. The van der Waals surface area contributed by atoms with E-state index >= 15 is 0 Å². The van der Waals surface area contributed by atoms with Gasteiger partial charge in [0.1, 0.15) is 0 Å². The van der Waals surface area contributed by atoms with E-state index in [0.29, 0.717) is 13.1 Å². The van der Waals surface area contributed by atoms with Crippen molar-refractivity contribution < 1.29 is 4.79 Å². The van der Waals surface area contributed by atoms with Gasteiger partial charge in [-0.1, -0.05) is 31.0 Å². The zero-order chi connectivity index (χ0) is 13.9. The Bertz CT molecular complexity index is 450. The van der Waals surface area contributed by atoms with Gasteiger partial charge in [-0.25, -0.2) is 0 Å². The zero-order valence-electron chi connectivity index (χ0n) is 12.0. The van der Waals surface area contributed by atoms with Gasteiger partial charge in [-0.2, -0.15) is 0 Å². The predicted molar refractivity (Wildman–Crippen MR) is 79.2 cm³/mol. The van der Waals surface area contributed by atoms with Crippen LogP contribution in [0, 0.1) is 12.3 Å². The molecule has 1 aliphatic carbocycles. The molecule has 0 spiro atoms. The van der Waals surface area contributed by atoms with E-state index in [1.165, 1.54) is 0 Å². The average Bonchev–Trinajstić information content (AvgIpc) is 2.91. The van der Waals surface area contributed by atoms with Gasteiger partial charge >= 0.3 is 0 Å². The minimum Gasteiger partial charge on any atom is -0.329 e. The van der Waals surface area contributed by atoms with Gasteiger partial charge in [0, 0.05) is 18.8 Å². The van der Waals surface area contributed by atoms with Crippen molar-refractivity contribution in [2.24, 2.45) is 11.1 Å². The number of hydrogen-bond donors (Lipinski definition) is 1. The van der Waals surface area contributed by atoms with Gasteiger partial charge in [-0.3, -0.25) is 4.79 Å². The Morgan fingerprint density at radius 1 is 1.32 bits per heavy atom. The zero-order valence-corrected chi connectivity index (χ0v) is 12.0. The second-order valence-corrected chi connectivity index (χ2v) is 5.53. The maximum absolute atomic E-state index is 12.9. The average molecular weight is 260 g/mol. The second kappa shape index (κ2) is 5.74. The normalized spacial score (nSPS) is 17.4. The van der Waals surface area contributed by atoms with E-state index in [9.17, 15) is 4.79 Å². The van der Waals surface area contributed by atoms with Crippen LogP contribution in [0.4, 0.5) is 5.69 Å². The van der Waals surface area contributed by atoms with Gasteiger partial charge in [-0.05, 0) is 38.3 Å². The highest BCUT2D eigenvalue weighted by atomic mass is 16.2. The monoisotopic (exact) mass is 260 g/mol. The summed E-state index contributed by atoms with van der Waals surface area (Å²) in [5.41, 5.74) is 7.77. The molecule has 1 amide bonds. The molecule has 3 nitrogen and oxygen atoms in total. The van der Waals surface area contributed by atoms with Crippen LogP contribution < -0.4 is 10.6 Å². The molecular formula is C16H24N2O. The molecule has 0 bridgehead atoms. The lowest BCUT2D eigenvalue weighted by Crippen LogP contribution is -2.47. The third-order valence-electron chi connectivity index (χ3n) is 4.37. The lowest BCUT2D eigenvalue weighted by Gasteiger charge is -2.33. The van der Waals surface area contributed by atoms with Crippen LogP contribution in [0.15, 0.2) is 24.3 Å². The number of nitrogens with two attached hydrogens (primary N) is 1. The first kappa shape index (κ1) is 14.1. The molecule has 3 heteroatoms. The Labute approximate surface area is 115 Å². The van der Waals surface area contributed by atoms with Crippen molar-refractivity contribution in [1.29, 1.82) is 0 Å². The molecule has 1 saturated carbocycles. The van der Waals surface area contributed by atoms with Crippen molar-refractivity contribution in [2.75, 3.05) is 18.0 Å². The van der Waals surface area contributed by atoms with Crippen LogP contribution in [0.2, 0.25) is 0 Å². The molecule has 1 aliphatic rings. The topological polar surface area (TPSA) is 46.3 Å². The molecule has 1 aromatic carbocycles. The number of amides is 1. The predicted octanol–water partition coefficient (Wildman–Crippen LogP) is 2.87. The van der Waals surface area contributed by atoms with Crippen LogP contribution in [-0.2, 0) is 4.79 Å². The highest BCUT2D eigenvalue weighted by Gasteiger charge is 2.42. The van der Waals surface area contributed by atoms with E-state index in [1.54, 1.807) is 0 Å². The molecule has 0 radical (unpaired) electrons. The number of benzene rings is 1. The summed E-state index contributed by atoms with van der Waals surface area (Å²) in [7, 11) is 0. The standard InChI is InChI=1S/C16H24N2O/c1-3-18(14-9-5-4-8-13(14)2)15(19)16(12-17)10-6-7-11-16/h4-5,8-9H,3,6-7,10-12,17H2,1-2H3. The van der Waals surface area contributed by atoms with Crippen LogP contribution in [-0.4, -0.2) is 19.0 Å². The lowest BCUT2D eigenvalue weighted by molar-refractivity contribution is -0.127. The van der Waals surface area contributed by atoms with E-state index in [-0.39, 0.29) is 11.3 Å². The number of carbonyl (C=O) groups is 1. The smallest absolute Gasteiger partial charge is 0.234 e. The summed E-state index contributed by atoms with van der Waals surface area (Å²) >= 11 is 0. The quantitative estimate of drug-likeness (QED) is 0.904. The SMILES string of the molecule is CCN(C(=O)C1(CN)CCCC1)c1ccccc1C. The minimum absolute atomic E-state index is 0.212. The number of anilines is 1. The van der Waals surface area contributed by atoms with E-state index in [4.69, 9.17) is 5.73 Å². The number of hydrogen-bond acceptors (Lipinski definition) is 2. The largest absolute Gasteiger partial charge is 0.329 e. The molecule has 2 rings (SSSR count). The van der Waals surface area contributed by atoms with Crippen molar-refractivity contribution >= 4 is 11.6 Å². The van der Waals surface area contributed by atoms with Crippen LogP contribution in [0.5, 0.6) is 0 Å². The minimum atomic E-state index is -0.321. The summed E-state index contributed by atoms with van der Waals surface area (Å²) in [5, 5.41) is 0. The molecule has 0 aromatic heterocycles. The molecule has 1 fully saturated rings. The molecule has 2 N–H and O–H groups in total. The molecule has 0 heterocycles. The summed E-state index contributed by atoms with van der Waals surface area (Å²) in [5.74, 6) is 0.212. The maximum Gasteiger partial charge on any atom is 0.234 e. The molecule has 0 aliphatic heterocycles. The van der Waals surface area contributed by atoms with Crippen LogP contribution >= 0.6 is 0 Å². The molecule has 104 valence electrons. The fraction of sp³-hybridized carbons (Fsp3) is 0.562. The van der Waals surface area contributed by atoms with E-state index in [1.807, 2.05) is 30.0 Å². The Kier molecular flexibility index (Phi) is 4.25. The van der Waals surface area contributed by atoms with Gasteiger partial charge in [0.15, 0.2) is 0 Å². The highest BCUT2D eigenvalue weighted by molar-refractivity contribution is 5.98. The fourth-order valence-corrected chi connectivity index (χ4v) is 3.13. The third kappa shape index (κ3) is 2.52. The summed E-state index contributed by atoms with van der Waals surface area (Å²) < 4.78 is 0. The maximum atomic E-state index is 12.9. The Morgan fingerprint density at radius 3 is 2.47 bits per heavy atom. The van der Waals surface area contributed by atoms with Gasteiger partial charge in [0.05, 0.1) is 5.41 Å². The third-order valence-corrected chi connectivity index (χ3v) is 4.37. The molecule has 19 heavy (non-hydrogen) atoms. The number of rotatable bonds is 4. The summed E-state index contributed by atoms with van der Waals surface area (Å²) in [4.78, 5) is 14.8. The highest BCUT2D eigenvalue weighted by Crippen LogP contribution is 2.40. The lowest BCUT2D eigenvalue weighted by atomic mass is 9.84. The summed E-state index contributed by atoms with van der Waals surface area (Å²) in [6.45, 7) is 5.25. The molecule has 0 atom stereocenters. The van der Waals surface area contributed by atoms with Crippen LogP contribution in [0.1, 0.15) is 38.2 Å². The van der Waals surface area contributed by atoms with Gasteiger partial charge < -0.3 is 10.6 Å². The first-order valence-electron chi connectivity index (χ1n) is 7.22. The van der Waals surface area contributed by atoms with Crippen LogP contribution in [0.3, 0.4) is 0 Å². The molecule has 1 aromatic rings. The first-order chi connectivity index (χ1) is 9.14. The van der Waals surface area contributed by atoms with Crippen molar-refractivity contribution in [2.45, 2.75) is 39.5 Å². The Hall–Kier alpha value is -1.35. The molecular weight excluding hydrogens is 236 g/mol. The van der Waals surface area contributed by atoms with Crippen molar-refractivity contribution in [3.05, 3.63) is 29.8 Å². The Balaban J connectivity index is 2.32. The van der Waals surface area contributed by atoms with E-state index < -0.39 is 0 Å². The summed E-state index contributed by atoms with van der Waals surface area (Å²) in [6, 6.07) is 8.07. The summed E-state index contributed by atoms with van der Waals surface area (Å²) in [6.07, 6.45) is 4.11. The van der Waals surface area contributed by atoms with Crippen molar-refractivity contribution in [1.82, 2.24) is 0 Å². The van der Waals surface area contributed by atoms with Crippen LogP contribution in [0.25, 0.3) is 0 Å². The van der Waals surface area contributed by atoms with E-state index in [2.05, 4.69) is 13.0 Å². The second-order valence-electron chi connectivity index (χ2n) is 5.53. The van der Waals surface area contributed by atoms with Gasteiger partial charge in [-0.15, -0.1) is 0 Å². The van der Waals surface area contributed by atoms with Crippen molar-refractivity contribution in [3.8, 4) is 0 Å². The van der Waals surface area contributed by atoms with Gasteiger partial charge in [0.25, 0.3) is 0 Å². The fourth-order valence-electron chi connectivity index (χ4n) is 3.13. The van der Waals surface area contributed by atoms with Gasteiger partial charge in [0.2, 0.25) is 5.91 Å².